The van der Waals surface area contributed by atoms with Gasteiger partial charge in [0.15, 0.2) is 0 Å². The summed E-state index contributed by atoms with van der Waals surface area (Å²) < 4.78 is 0. The quantitative estimate of drug-likeness (QED) is 0.546. The second kappa shape index (κ2) is 3.11. The van der Waals surface area contributed by atoms with Crippen LogP contribution in [-0.2, 0) is 0 Å². The van der Waals surface area contributed by atoms with Crippen molar-refractivity contribution in [3.63, 3.8) is 0 Å². The van der Waals surface area contributed by atoms with Crippen LogP contribution in [0, 0.1) is 0 Å². The molecule has 2 N–H and O–H groups in total. The summed E-state index contributed by atoms with van der Waals surface area (Å²) >= 11 is 5.92. The fraction of sp³-hybridized carbons (Fsp3) is 0.333. The van der Waals surface area contributed by atoms with Gasteiger partial charge in [-0.1, -0.05) is 43.4 Å². The van der Waals surface area contributed by atoms with Gasteiger partial charge in [0, 0.05) is 5.69 Å². The standard InChI is InChI=1S/C9H14ClNSi/c1-12(2,3)8-6-4-5-7(10)9(8)11/h4-6H,11H2,1-3H3. The molecule has 1 aromatic carbocycles. The second-order valence-corrected chi connectivity index (χ2v) is 9.40. The van der Waals surface area contributed by atoms with E-state index in [1.54, 1.807) is 0 Å². The summed E-state index contributed by atoms with van der Waals surface area (Å²) in [6.07, 6.45) is 0. The molecule has 0 saturated carbocycles. The average Bonchev–Trinajstić information content (AvgIpc) is 1.92. The van der Waals surface area contributed by atoms with Gasteiger partial charge in [0.2, 0.25) is 0 Å². The Morgan fingerprint density at radius 3 is 2.25 bits per heavy atom. The molecule has 3 heteroatoms. The number of nitrogen functional groups attached to an aromatic ring is 1. The molecular weight excluding hydrogens is 186 g/mol. The van der Waals surface area contributed by atoms with Crippen LogP contribution in [0.4, 0.5) is 5.69 Å². The third-order valence-corrected chi connectivity index (χ3v) is 4.24. The van der Waals surface area contributed by atoms with E-state index in [-0.39, 0.29) is 0 Å². The first-order valence-electron chi connectivity index (χ1n) is 3.97. The van der Waals surface area contributed by atoms with E-state index in [1.165, 1.54) is 5.19 Å². The van der Waals surface area contributed by atoms with Gasteiger partial charge in [-0.15, -0.1) is 0 Å². The van der Waals surface area contributed by atoms with Crippen molar-refractivity contribution in [2.75, 3.05) is 5.73 Å². The Labute approximate surface area is 79.6 Å². The van der Waals surface area contributed by atoms with Gasteiger partial charge in [0.05, 0.1) is 13.1 Å². The van der Waals surface area contributed by atoms with E-state index in [0.29, 0.717) is 5.02 Å². The Morgan fingerprint density at radius 1 is 1.25 bits per heavy atom. The zero-order chi connectivity index (χ0) is 9.35. The minimum atomic E-state index is -1.32. The summed E-state index contributed by atoms with van der Waals surface area (Å²) in [4.78, 5) is 0. The number of hydrogen-bond acceptors (Lipinski definition) is 1. The third kappa shape index (κ3) is 1.82. The largest absolute Gasteiger partial charge is 0.398 e. The number of hydrogen-bond donors (Lipinski definition) is 1. The molecular formula is C9H14ClNSi. The van der Waals surface area contributed by atoms with E-state index < -0.39 is 8.07 Å². The average molecular weight is 200 g/mol. The summed E-state index contributed by atoms with van der Waals surface area (Å²) in [5.74, 6) is 0. The number of benzene rings is 1. The lowest BCUT2D eigenvalue weighted by Crippen LogP contribution is -2.39. The molecule has 66 valence electrons. The molecule has 0 spiro atoms. The monoisotopic (exact) mass is 199 g/mol. The molecule has 0 aromatic heterocycles. The lowest BCUT2D eigenvalue weighted by Gasteiger charge is -2.19. The summed E-state index contributed by atoms with van der Waals surface area (Å²) in [6, 6.07) is 5.88. The van der Waals surface area contributed by atoms with Crippen molar-refractivity contribution in [2.45, 2.75) is 19.6 Å². The number of para-hydroxylation sites is 1. The van der Waals surface area contributed by atoms with Gasteiger partial charge in [0.1, 0.15) is 0 Å². The number of halogens is 1. The molecule has 0 aliphatic carbocycles. The first-order valence-corrected chi connectivity index (χ1v) is 7.85. The molecule has 0 unspecified atom stereocenters. The molecule has 1 aromatic rings. The van der Waals surface area contributed by atoms with Gasteiger partial charge in [-0.3, -0.25) is 0 Å². The third-order valence-electron chi connectivity index (χ3n) is 1.86. The molecule has 1 nitrogen and oxygen atoms in total. The number of anilines is 1. The molecule has 0 amide bonds. The maximum atomic E-state index is 5.92. The SMILES string of the molecule is C[Si](C)(C)c1cccc(Cl)c1N. The zero-order valence-electron chi connectivity index (χ0n) is 7.69. The summed E-state index contributed by atoms with van der Waals surface area (Å²) in [7, 11) is -1.32. The second-order valence-electron chi connectivity index (χ2n) is 3.95. The van der Waals surface area contributed by atoms with E-state index in [0.717, 1.165) is 5.69 Å². The van der Waals surface area contributed by atoms with Crippen LogP contribution in [0.1, 0.15) is 0 Å². The van der Waals surface area contributed by atoms with E-state index >= 15 is 0 Å². The first-order chi connectivity index (χ1) is 5.43. The summed E-state index contributed by atoms with van der Waals surface area (Å²) in [5.41, 5.74) is 6.63. The normalized spacial score (nSPS) is 11.7. The first kappa shape index (κ1) is 9.61. The lowest BCUT2D eigenvalue weighted by molar-refractivity contribution is 1.66. The highest BCUT2D eigenvalue weighted by Crippen LogP contribution is 2.18. The van der Waals surface area contributed by atoms with Crippen LogP contribution >= 0.6 is 11.6 Å². The van der Waals surface area contributed by atoms with E-state index in [2.05, 4.69) is 25.7 Å². The molecule has 0 aliphatic rings. The van der Waals surface area contributed by atoms with Crippen molar-refractivity contribution in [3.8, 4) is 0 Å². The highest BCUT2D eigenvalue weighted by Gasteiger charge is 2.19. The van der Waals surface area contributed by atoms with Crippen molar-refractivity contribution in [3.05, 3.63) is 23.2 Å². The van der Waals surface area contributed by atoms with Crippen LogP contribution in [0.2, 0.25) is 24.7 Å². The van der Waals surface area contributed by atoms with Gasteiger partial charge in [0.25, 0.3) is 0 Å². The molecule has 0 fully saturated rings. The molecule has 0 heterocycles. The Balaban J connectivity index is 3.26. The smallest absolute Gasteiger partial charge is 0.0803 e. The molecule has 12 heavy (non-hydrogen) atoms. The minimum absolute atomic E-state index is 0.676. The van der Waals surface area contributed by atoms with Gasteiger partial charge in [-0.05, 0) is 11.3 Å². The lowest BCUT2D eigenvalue weighted by atomic mass is 10.3. The summed E-state index contributed by atoms with van der Waals surface area (Å²) in [6.45, 7) is 6.78. The van der Waals surface area contributed by atoms with Crippen LogP contribution in [-0.4, -0.2) is 8.07 Å². The van der Waals surface area contributed by atoms with Crippen LogP contribution in [0.25, 0.3) is 0 Å². The van der Waals surface area contributed by atoms with Crippen LogP contribution in [0.15, 0.2) is 18.2 Å². The predicted molar refractivity (Wildman–Crippen MR) is 58.8 cm³/mol. The topological polar surface area (TPSA) is 26.0 Å². The highest BCUT2D eigenvalue weighted by molar-refractivity contribution is 6.89. The maximum Gasteiger partial charge on any atom is 0.0803 e. The minimum Gasteiger partial charge on any atom is -0.398 e. The van der Waals surface area contributed by atoms with Gasteiger partial charge in [-0.2, -0.15) is 0 Å². The Morgan fingerprint density at radius 2 is 1.83 bits per heavy atom. The fourth-order valence-electron chi connectivity index (χ4n) is 1.19. The zero-order valence-corrected chi connectivity index (χ0v) is 9.44. The van der Waals surface area contributed by atoms with Crippen LogP contribution in [0.3, 0.4) is 0 Å². The van der Waals surface area contributed by atoms with Gasteiger partial charge in [-0.25, -0.2) is 0 Å². The molecule has 0 aliphatic heterocycles. The maximum absolute atomic E-state index is 5.92. The van der Waals surface area contributed by atoms with Crippen molar-refractivity contribution < 1.29 is 0 Å². The van der Waals surface area contributed by atoms with Crippen molar-refractivity contribution in [1.82, 2.24) is 0 Å². The summed E-state index contributed by atoms with van der Waals surface area (Å²) in [5, 5.41) is 1.92. The van der Waals surface area contributed by atoms with Crippen molar-refractivity contribution in [2.24, 2.45) is 0 Å². The van der Waals surface area contributed by atoms with E-state index in [1.807, 2.05) is 12.1 Å². The molecule has 0 radical (unpaired) electrons. The van der Waals surface area contributed by atoms with E-state index in [9.17, 15) is 0 Å². The van der Waals surface area contributed by atoms with E-state index in [4.69, 9.17) is 17.3 Å². The Bertz CT molecular complexity index is 291. The van der Waals surface area contributed by atoms with Crippen molar-refractivity contribution in [1.29, 1.82) is 0 Å². The van der Waals surface area contributed by atoms with Gasteiger partial charge < -0.3 is 5.73 Å². The number of rotatable bonds is 1. The highest BCUT2D eigenvalue weighted by atomic mass is 35.5. The Kier molecular flexibility index (Phi) is 2.49. The van der Waals surface area contributed by atoms with Gasteiger partial charge >= 0.3 is 0 Å². The predicted octanol–water partition coefficient (Wildman–Crippen LogP) is 2.47. The Hall–Kier alpha value is -0.473. The number of nitrogens with two attached hydrogens (primary N) is 1. The molecule has 0 atom stereocenters. The molecule has 0 bridgehead atoms. The van der Waals surface area contributed by atoms with Crippen LogP contribution in [0.5, 0.6) is 0 Å². The van der Waals surface area contributed by atoms with Crippen LogP contribution < -0.4 is 10.9 Å². The molecule has 1 rings (SSSR count). The molecule has 0 saturated heterocycles. The van der Waals surface area contributed by atoms with Crippen molar-refractivity contribution >= 4 is 30.5 Å². The fourth-order valence-corrected chi connectivity index (χ4v) is 2.98.